The number of furan rings is 1. The van der Waals surface area contributed by atoms with Crippen molar-refractivity contribution >= 4 is 54.9 Å². The molecule has 12 rings (SSSR count). The van der Waals surface area contributed by atoms with Gasteiger partial charge in [-0.1, -0.05) is 79.7 Å². The minimum Gasteiger partial charge on any atom is -0.454 e. The first-order chi connectivity index (χ1) is 28.6. The predicted molar refractivity (Wildman–Crippen MR) is 235 cm³/mol. The maximum absolute atomic E-state index is 6.84. The fourth-order valence-electron chi connectivity index (χ4n) is 9.74. The molecule has 1 atom stereocenters. The molecular formula is C52H37N5O. The van der Waals surface area contributed by atoms with Crippen molar-refractivity contribution in [3.63, 3.8) is 0 Å². The van der Waals surface area contributed by atoms with Gasteiger partial charge < -0.3 is 13.6 Å². The Morgan fingerprint density at radius 2 is 1.34 bits per heavy atom. The minimum absolute atomic E-state index is 0.0683. The van der Waals surface area contributed by atoms with E-state index in [9.17, 15) is 0 Å². The van der Waals surface area contributed by atoms with Gasteiger partial charge in [0.05, 0.1) is 39.0 Å². The largest absolute Gasteiger partial charge is 0.454 e. The number of hydrogen-bond donors (Lipinski definition) is 0. The molecule has 276 valence electrons. The number of fused-ring (bicyclic) bond motifs is 9. The van der Waals surface area contributed by atoms with Crippen molar-refractivity contribution < 1.29 is 4.42 Å². The van der Waals surface area contributed by atoms with E-state index >= 15 is 0 Å². The second-order valence-corrected chi connectivity index (χ2v) is 15.9. The van der Waals surface area contributed by atoms with Crippen LogP contribution in [0, 0.1) is 0 Å². The van der Waals surface area contributed by atoms with E-state index < -0.39 is 0 Å². The van der Waals surface area contributed by atoms with Gasteiger partial charge in [0.15, 0.2) is 5.58 Å². The number of pyridine rings is 3. The van der Waals surface area contributed by atoms with Crippen LogP contribution >= 0.6 is 0 Å². The van der Waals surface area contributed by atoms with E-state index in [-0.39, 0.29) is 5.41 Å². The lowest BCUT2D eigenvalue weighted by atomic mass is 9.70. The summed E-state index contributed by atoms with van der Waals surface area (Å²) >= 11 is 0. The fourth-order valence-corrected chi connectivity index (χ4v) is 9.74. The summed E-state index contributed by atoms with van der Waals surface area (Å²) in [5, 5.41) is 3.34. The number of para-hydroxylation sites is 2. The number of hydrogen-bond acceptors (Lipinski definition) is 4. The summed E-state index contributed by atoms with van der Waals surface area (Å²) in [4.78, 5) is 14.6. The van der Waals surface area contributed by atoms with Crippen LogP contribution in [0.2, 0.25) is 0 Å². The average Bonchev–Trinajstić information content (AvgIpc) is 3.94. The van der Waals surface area contributed by atoms with Crippen molar-refractivity contribution in [3.8, 4) is 33.8 Å². The van der Waals surface area contributed by atoms with Gasteiger partial charge in [0.25, 0.3) is 0 Å². The SMILES string of the molecule is CC1(c2ccc3oc4c(-n5c6ccc(-c7ccccc7-c7ccccn7)cc6c6ncccc65)cccc4c3c2)CCc2c(c3ncccc3n2-c2ccccc2)C1. The Balaban J connectivity index is 0.979. The van der Waals surface area contributed by atoms with E-state index in [0.717, 1.165) is 96.7 Å². The molecule has 6 aromatic heterocycles. The summed E-state index contributed by atoms with van der Waals surface area (Å²) in [7, 11) is 0. The molecule has 6 heterocycles. The van der Waals surface area contributed by atoms with Gasteiger partial charge in [0, 0.05) is 57.3 Å². The molecular weight excluding hydrogens is 711 g/mol. The van der Waals surface area contributed by atoms with Crippen LogP contribution in [-0.2, 0) is 18.3 Å². The van der Waals surface area contributed by atoms with E-state index in [1.807, 2.05) is 36.8 Å². The van der Waals surface area contributed by atoms with E-state index in [4.69, 9.17) is 14.4 Å². The summed E-state index contributed by atoms with van der Waals surface area (Å²) in [6.07, 6.45) is 8.60. The van der Waals surface area contributed by atoms with Crippen LogP contribution in [0.5, 0.6) is 0 Å². The van der Waals surface area contributed by atoms with Crippen molar-refractivity contribution in [2.24, 2.45) is 0 Å². The topological polar surface area (TPSA) is 61.7 Å². The summed E-state index contributed by atoms with van der Waals surface area (Å²) < 4.78 is 11.6. The summed E-state index contributed by atoms with van der Waals surface area (Å²) in [6, 6.07) is 53.8. The molecule has 1 aliphatic carbocycles. The maximum atomic E-state index is 6.84. The molecule has 1 aliphatic rings. The molecule has 6 nitrogen and oxygen atoms in total. The van der Waals surface area contributed by atoms with Crippen LogP contribution in [0.4, 0.5) is 0 Å². The number of rotatable bonds is 5. The summed E-state index contributed by atoms with van der Waals surface area (Å²) in [5.74, 6) is 0. The van der Waals surface area contributed by atoms with Gasteiger partial charge in [-0.05, 0) is 120 Å². The van der Waals surface area contributed by atoms with Crippen LogP contribution in [0.15, 0.2) is 175 Å². The molecule has 11 aromatic rings. The van der Waals surface area contributed by atoms with Gasteiger partial charge in [-0.3, -0.25) is 15.0 Å². The van der Waals surface area contributed by atoms with E-state index in [0.29, 0.717) is 0 Å². The molecule has 58 heavy (non-hydrogen) atoms. The quantitative estimate of drug-likeness (QED) is 0.176. The molecule has 0 N–H and O–H groups in total. The molecule has 0 amide bonds. The number of nitrogens with zero attached hydrogens (tertiary/aromatic N) is 5. The summed E-state index contributed by atoms with van der Waals surface area (Å²) in [6.45, 7) is 2.42. The Bertz CT molecular complexity index is 3390. The third kappa shape index (κ3) is 4.88. The minimum atomic E-state index is -0.0683. The first-order valence-electron chi connectivity index (χ1n) is 20.0. The summed E-state index contributed by atoms with van der Waals surface area (Å²) in [5.41, 5.74) is 17.6. The zero-order valence-corrected chi connectivity index (χ0v) is 31.9. The van der Waals surface area contributed by atoms with E-state index in [1.54, 1.807) is 0 Å². The Morgan fingerprint density at radius 3 is 2.19 bits per heavy atom. The molecule has 0 spiro atoms. The van der Waals surface area contributed by atoms with Crippen LogP contribution in [0.25, 0.3) is 88.7 Å². The van der Waals surface area contributed by atoms with Gasteiger partial charge in [0.1, 0.15) is 5.58 Å². The van der Waals surface area contributed by atoms with Crippen molar-refractivity contribution in [1.29, 1.82) is 0 Å². The third-order valence-electron chi connectivity index (χ3n) is 12.5. The van der Waals surface area contributed by atoms with Gasteiger partial charge in [-0.2, -0.15) is 0 Å². The van der Waals surface area contributed by atoms with Crippen molar-refractivity contribution in [2.75, 3.05) is 0 Å². The normalized spacial score (nSPS) is 15.5. The lowest BCUT2D eigenvalue weighted by Crippen LogP contribution is -2.30. The van der Waals surface area contributed by atoms with Gasteiger partial charge in [-0.25, -0.2) is 0 Å². The van der Waals surface area contributed by atoms with Gasteiger partial charge >= 0.3 is 0 Å². The van der Waals surface area contributed by atoms with E-state index in [1.165, 1.54) is 28.0 Å². The van der Waals surface area contributed by atoms with Gasteiger partial charge in [-0.15, -0.1) is 0 Å². The third-order valence-corrected chi connectivity index (χ3v) is 12.5. The van der Waals surface area contributed by atoms with Crippen LogP contribution in [-0.4, -0.2) is 24.1 Å². The zero-order chi connectivity index (χ0) is 38.4. The second-order valence-electron chi connectivity index (χ2n) is 15.9. The zero-order valence-electron chi connectivity index (χ0n) is 31.9. The van der Waals surface area contributed by atoms with Crippen molar-refractivity contribution in [2.45, 2.75) is 31.6 Å². The lowest BCUT2D eigenvalue weighted by molar-refractivity contribution is 0.405. The highest BCUT2D eigenvalue weighted by Gasteiger charge is 2.36. The molecule has 0 fully saturated rings. The average molecular weight is 748 g/mol. The number of aromatic nitrogens is 5. The fraction of sp³-hybridized carbons (Fsp3) is 0.0962. The first kappa shape index (κ1) is 32.9. The maximum Gasteiger partial charge on any atom is 0.159 e. The Labute approximate surface area is 334 Å². The van der Waals surface area contributed by atoms with Crippen molar-refractivity contribution in [3.05, 3.63) is 187 Å². The standard InChI is InChI=1S/C52H37N5O/c1-52(26-25-44-41(32-52)50-45(19-10-29-55-50)56(44)35-12-3-2-4-13-35)34-22-24-48-39(31-34)38-16-9-18-47(51(38)58-48)57-43-23-21-33(30-40(43)49-46(57)20-11-28-54-49)36-14-5-6-15-37(36)42-17-7-8-27-53-42/h2-24,27-31H,25-26,32H2,1H3. The Hall–Kier alpha value is -7.31. The second kappa shape index (κ2) is 12.6. The van der Waals surface area contributed by atoms with E-state index in [2.05, 4.69) is 155 Å². The smallest absolute Gasteiger partial charge is 0.159 e. The highest BCUT2D eigenvalue weighted by Crippen LogP contribution is 2.45. The first-order valence-corrected chi connectivity index (χ1v) is 20.0. The molecule has 0 bridgehead atoms. The molecule has 0 saturated heterocycles. The molecule has 0 aliphatic heterocycles. The molecule has 6 heteroatoms. The Kier molecular flexibility index (Phi) is 7.14. The molecule has 0 saturated carbocycles. The predicted octanol–water partition coefficient (Wildman–Crippen LogP) is 12.6. The molecule has 0 radical (unpaired) electrons. The molecule has 5 aromatic carbocycles. The Morgan fingerprint density at radius 1 is 0.569 bits per heavy atom. The highest BCUT2D eigenvalue weighted by atomic mass is 16.3. The van der Waals surface area contributed by atoms with Crippen LogP contribution < -0.4 is 0 Å². The van der Waals surface area contributed by atoms with Gasteiger partial charge in [0.2, 0.25) is 0 Å². The molecule has 1 unspecified atom stereocenters. The lowest BCUT2D eigenvalue weighted by Gasteiger charge is -2.35. The van der Waals surface area contributed by atoms with Crippen LogP contribution in [0.3, 0.4) is 0 Å². The monoisotopic (exact) mass is 747 g/mol. The number of benzene rings is 5. The van der Waals surface area contributed by atoms with Crippen molar-refractivity contribution in [1.82, 2.24) is 24.1 Å². The highest BCUT2D eigenvalue weighted by molar-refractivity contribution is 6.12. The van der Waals surface area contributed by atoms with Crippen LogP contribution in [0.1, 0.15) is 30.2 Å².